The van der Waals surface area contributed by atoms with Crippen LogP contribution in [0.15, 0.2) is 24.3 Å². The lowest BCUT2D eigenvalue weighted by molar-refractivity contribution is -0.253. The third-order valence-corrected chi connectivity index (χ3v) is 2.18. The summed E-state index contributed by atoms with van der Waals surface area (Å²) in [6.45, 7) is 3.15. The summed E-state index contributed by atoms with van der Waals surface area (Å²) in [7, 11) is 0. The van der Waals surface area contributed by atoms with Crippen molar-refractivity contribution in [3.8, 4) is 5.75 Å². The lowest BCUT2D eigenvalue weighted by Gasteiger charge is -2.19. The van der Waals surface area contributed by atoms with Gasteiger partial charge in [0, 0.05) is 5.92 Å². The van der Waals surface area contributed by atoms with Gasteiger partial charge in [-0.2, -0.15) is 17.6 Å². The van der Waals surface area contributed by atoms with E-state index in [0.717, 1.165) is 6.07 Å². The highest BCUT2D eigenvalue weighted by molar-refractivity contribution is 5.99. The van der Waals surface area contributed by atoms with E-state index < -0.39 is 30.0 Å². The molecule has 1 rings (SSSR count). The summed E-state index contributed by atoms with van der Waals surface area (Å²) in [5.41, 5.74) is -0.132. The normalized spacial score (nSPS) is 12.0. The van der Waals surface area contributed by atoms with Gasteiger partial charge in [-0.05, 0) is 12.1 Å². The molecule has 0 amide bonds. The van der Waals surface area contributed by atoms with Crippen LogP contribution in [0.3, 0.4) is 0 Å². The molecule has 0 bridgehead atoms. The van der Waals surface area contributed by atoms with E-state index in [1.165, 1.54) is 18.2 Å². The zero-order valence-electron chi connectivity index (χ0n) is 9.79. The van der Waals surface area contributed by atoms with Crippen LogP contribution in [0, 0.1) is 5.92 Å². The number of carbonyl (C=O) groups is 1. The highest BCUT2D eigenvalue weighted by atomic mass is 19.3. The average Bonchev–Trinajstić information content (AvgIpc) is 2.28. The van der Waals surface area contributed by atoms with E-state index in [1.54, 1.807) is 13.8 Å². The van der Waals surface area contributed by atoms with Crippen molar-refractivity contribution in [3.63, 3.8) is 0 Å². The number of rotatable bonds is 5. The second-order valence-corrected chi connectivity index (χ2v) is 3.98. The molecule has 2 nitrogen and oxygen atoms in total. The monoisotopic (exact) mass is 264 g/mol. The fraction of sp³-hybridized carbons (Fsp3) is 0.417. The maximum absolute atomic E-state index is 12.8. The Morgan fingerprint density at radius 1 is 1.22 bits per heavy atom. The summed E-state index contributed by atoms with van der Waals surface area (Å²) in [4.78, 5) is 11.7. The van der Waals surface area contributed by atoms with Crippen LogP contribution < -0.4 is 4.74 Å². The molecule has 0 aliphatic carbocycles. The van der Waals surface area contributed by atoms with Gasteiger partial charge >= 0.3 is 12.5 Å². The first kappa shape index (κ1) is 14.5. The Hall–Kier alpha value is -1.59. The van der Waals surface area contributed by atoms with Crippen molar-refractivity contribution in [2.45, 2.75) is 26.4 Å². The summed E-state index contributed by atoms with van der Waals surface area (Å²) >= 11 is 0. The minimum Gasteiger partial charge on any atom is -0.428 e. The predicted molar refractivity (Wildman–Crippen MR) is 57.2 cm³/mol. The first-order valence-electron chi connectivity index (χ1n) is 5.24. The van der Waals surface area contributed by atoms with Crippen molar-refractivity contribution in [1.29, 1.82) is 0 Å². The number of alkyl halides is 4. The number of ether oxygens (including phenoxy) is 1. The van der Waals surface area contributed by atoms with Gasteiger partial charge in [-0.15, -0.1) is 0 Å². The van der Waals surface area contributed by atoms with E-state index >= 15 is 0 Å². The third-order valence-electron chi connectivity index (χ3n) is 2.18. The Balaban J connectivity index is 3.07. The van der Waals surface area contributed by atoms with Gasteiger partial charge in [-0.1, -0.05) is 26.0 Å². The number of hydrogen-bond donors (Lipinski definition) is 0. The first-order valence-corrected chi connectivity index (χ1v) is 5.24. The number of ketones is 1. The molecule has 1 aromatic rings. The Morgan fingerprint density at radius 3 is 2.28 bits per heavy atom. The molecule has 0 aromatic heterocycles. The quantitative estimate of drug-likeness (QED) is 0.598. The SMILES string of the molecule is CC(C)C(=O)c1ccccc1OC(F)(F)C(F)F. The van der Waals surface area contributed by atoms with Gasteiger partial charge in [-0.25, -0.2) is 0 Å². The van der Waals surface area contributed by atoms with Crippen LogP contribution in [-0.2, 0) is 0 Å². The molecule has 0 aliphatic heterocycles. The van der Waals surface area contributed by atoms with Gasteiger partial charge in [0.2, 0.25) is 0 Å². The Kier molecular flexibility index (Phi) is 4.32. The second kappa shape index (κ2) is 5.37. The van der Waals surface area contributed by atoms with Crippen LogP contribution in [0.2, 0.25) is 0 Å². The minimum absolute atomic E-state index is 0.132. The second-order valence-electron chi connectivity index (χ2n) is 3.98. The highest BCUT2D eigenvalue weighted by Gasteiger charge is 2.44. The molecule has 18 heavy (non-hydrogen) atoms. The molecule has 0 saturated heterocycles. The van der Waals surface area contributed by atoms with Crippen LogP contribution in [0.5, 0.6) is 5.75 Å². The molecule has 0 spiro atoms. The summed E-state index contributed by atoms with van der Waals surface area (Å²) in [5.74, 6) is -1.44. The summed E-state index contributed by atoms with van der Waals surface area (Å²) in [6, 6.07) is 5.10. The number of carbonyl (C=O) groups excluding carboxylic acids is 1. The molecule has 100 valence electrons. The number of halogens is 4. The van der Waals surface area contributed by atoms with Crippen LogP contribution in [-0.4, -0.2) is 18.3 Å². The number of benzene rings is 1. The molecule has 0 heterocycles. The van der Waals surface area contributed by atoms with Gasteiger partial charge in [0.15, 0.2) is 5.78 Å². The number of hydrogen-bond acceptors (Lipinski definition) is 2. The zero-order chi connectivity index (χ0) is 13.9. The Labute approximate surface area is 102 Å². The maximum atomic E-state index is 12.8. The van der Waals surface area contributed by atoms with E-state index in [1.807, 2.05) is 0 Å². The number of para-hydroxylation sites is 1. The molecule has 0 fully saturated rings. The predicted octanol–water partition coefficient (Wildman–Crippen LogP) is 3.76. The van der Waals surface area contributed by atoms with Crippen LogP contribution in [0.1, 0.15) is 24.2 Å². The van der Waals surface area contributed by atoms with E-state index in [4.69, 9.17) is 0 Å². The summed E-state index contributed by atoms with van der Waals surface area (Å²) in [6.07, 6.45) is -8.58. The first-order chi connectivity index (χ1) is 8.25. The fourth-order valence-corrected chi connectivity index (χ4v) is 1.26. The lowest BCUT2D eigenvalue weighted by Crippen LogP contribution is -2.34. The van der Waals surface area contributed by atoms with Crippen molar-refractivity contribution in [3.05, 3.63) is 29.8 Å². The molecule has 0 unspecified atom stereocenters. The van der Waals surface area contributed by atoms with Crippen molar-refractivity contribution in [1.82, 2.24) is 0 Å². The molecule has 1 aromatic carbocycles. The van der Waals surface area contributed by atoms with Crippen molar-refractivity contribution in [2.24, 2.45) is 5.92 Å². The van der Waals surface area contributed by atoms with E-state index in [-0.39, 0.29) is 5.56 Å². The van der Waals surface area contributed by atoms with E-state index in [9.17, 15) is 22.4 Å². The number of Topliss-reactive ketones (excluding diaryl/α,β-unsaturated/α-hetero) is 1. The van der Waals surface area contributed by atoms with Gasteiger partial charge in [0.1, 0.15) is 5.75 Å². The van der Waals surface area contributed by atoms with Gasteiger partial charge in [-0.3, -0.25) is 4.79 Å². The molecule has 0 atom stereocenters. The van der Waals surface area contributed by atoms with Gasteiger partial charge < -0.3 is 4.74 Å². The van der Waals surface area contributed by atoms with Gasteiger partial charge in [0.25, 0.3) is 0 Å². The average molecular weight is 264 g/mol. The summed E-state index contributed by atoms with van der Waals surface area (Å²) < 4.78 is 53.6. The maximum Gasteiger partial charge on any atom is 0.461 e. The summed E-state index contributed by atoms with van der Waals surface area (Å²) in [5, 5.41) is 0. The van der Waals surface area contributed by atoms with Crippen molar-refractivity contribution in [2.75, 3.05) is 0 Å². The smallest absolute Gasteiger partial charge is 0.428 e. The Morgan fingerprint density at radius 2 is 1.78 bits per heavy atom. The molecule has 6 heteroatoms. The van der Waals surface area contributed by atoms with E-state index in [0.29, 0.717) is 0 Å². The highest BCUT2D eigenvalue weighted by Crippen LogP contribution is 2.30. The molecular formula is C12H12F4O2. The van der Waals surface area contributed by atoms with E-state index in [2.05, 4.69) is 4.74 Å². The Bertz CT molecular complexity index is 430. The molecule has 0 saturated carbocycles. The third kappa shape index (κ3) is 3.21. The minimum atomic E-state index is -4.62. The van der Waals surface area contributed by atoms with Crippen LogP contribution in [0.4, 0.5) is 17.6 Å². The standard InChI is InChI=1S/C12H12F4O2/c1-7(2)10(17)8-5-3-4-6-9(8)18-12(15,16)11(13)14/h3-7,11H,1-2H3. The molecule has 0 radical (unpaired) electrons. The molecular weight excluding hydrogens is 252 g/mol. The zero-order valence-corrected chi connectivity index (χ0v) is 9.79. The topological polar surface area (TPSA) is 26.3 Å². The largest absolute Gasteiger partial charge is 0.461 e. The lowest BCUT2D eigenvalue weighted by atomic mass is 10.0. The fourth-order valence-electron chi connectivity index (χ4n) is 1.26. The van der Waals surface area contributed by atoms with Crippen molar-refractivity contribution >= 4 is 5.78 Å². The van der Waals surface area contributed by atoms with Crippen molar-refractivity contribution < 1.29 is 27.1 Å². The van der Waals surface area contributed by atoms with Crippen LogP contribution >= 0.6 is 0 Å². The molecule has 0 aliphatic rings. The van der Waals surface area contributed by atoms with Gasteiger partial charge in [0.05, 0.1) is 5.56 Å². The van der Waals surface area contributed by atoms with Crippen LogP contribution in [0.25, 0.3) is 0 Å². The molecule has 0 N–H and O–H groups in total.